The quantitative estimate of drug-likeness (QED) is 0.458. The predicted molar refractivity (Wildman–Crippen MR) is 121 cm³/mol. The van der Waals surface area contributed by atoms with E-state index >= 15 is 0 Å². The second-order valence-electron chi connectivity index (χ2n) is 6.87. The van der Waals surface area contributed by atoms with E-state index in [0.29, 0.717) is 34.4 Å². The monoisotopic (exact) mass is 490 g/mol. The lowest BCUT2D eigenvalue weighted by molar-refractivity contribution is -0.114. The van der Waals surface area contributed by atoms with Crippen LogP contribution in [0.1, 0.15) is 5.56 Å². The number of hydrazone groups is 1. The molecule has 4 rings (SSSR count). The molecule has 1 N–H and O–H groups in total. The number of nitrogens with zero attached hydrogens (tertiary/aromatic N) is 3. The van der Waals surface area contributed by atoms with E-state index in [4.69, 9.17) is 19.6 Å². The highest BCUT2D eigenvalue weighted by Crippen LogP contribution is 2.35. The maximum atomic E-state index is 12.9. The number of halogens is 3. The fourth-order valence-electron chi connectivity index (χ4n) is 2.94. The van der Waals surface area contributed by atoms with Gasteiger partial charge in [-0.3, -0.25) is 10.2 Å². The Bertz CT molecular complexity index is 1210. The molecule has 8 nitrogen and oxygen atoms in total. The molecule has 2 aliphatic heterocycles. The van der Waals surface area contributed by atoms with Gasteiger partial charge in [0.2, 0.25) is 10.2 Å². The highest BCUT2D eigenvalue weighted by molar-refractivity contribution is 8.27. The lowest BCUT2D eigenvalue weighted by Crippen LogP contribution is -2.35. The Labute approximate surface area is 196 Å². The first kappa shape index (κ1) is 23.4. The smallest absolute Gasteiger partial charge is 0.441 e. The number of thioether (sulfide) groups is 1. The van der Waals surface area contributed by atoms with Gasteiger partial charge in [0, 0.05) is 6.07 Å². The molecule has 2 aliphatic rings. The third kappa shape index (κ3) is 5.22. The molecule has 2 aromatic carbocycles. The van der Waals surface area contributed by atoms with Gasteiger partial charge in [-0.15, -0.1) is 0 Å². The predicted octanol–water partition coefficient (Wildman–Crippen LogP) is 4.33. The van der Waals surface area contributed by atoms with Crippen LogP contribution >= 0.6 is 11.8 Å². The zero-order valence-corrected chi connectivity index (χ0v) is 18.4. The molecule has 2 heterocycles. The number of methoxy groups -OCH3 is 1. The first-order valence-corrected chi connectivity index (χ1v) is 10.6. The second kappa shape index (κ2) is 9.59. The summed E-state index contributed by atoms with van der Waals surface area (Å²) in [4.78, 5) is 15.9. The summed E-state index contributed by atoms with van der Waals surface area (Å²) >= 11 is 0.208. The van der Waals surface area contributed by atoms with Crippen LogP contribution in [0.25, 0.3) is 6.08 Å². The number of fused-ring (bicyclic) bond motifs is 1. The number of amides is 1. The number of benzene rings is 2. The average molecular weight is 490 g/mol. The van der Waals surface area contributed by atoms with Gasteiger partial charge >= 0.3 is 6.18 Å². The molecular formula is C22H17F3N4O4S. The summed E-state index contributed by atoms with van der Waals surface area (Å²) in [5.41, 5.74) is 0.371. The molecule has 1 amide bonds. The molecule has 2 aromatic rings. The summed E-state index contributed by atoms with van der Waals surface area (Å²) in [5, 5.41) is 10.7. The van der Waals surface area contributed by atoms with Crippen LogP contribution in [0.3, 0.4) is 0 Å². The summed E-state index contributed by atoms with van der Waals surface area (Å²) in [6, 6.07) is 13.8. The van der Waals surface area contributed by atoms with E-state index in [0.717, 1.165) is 0 Å². The standard InChI is InChI=1S/C22H17F3N4O4S/c1-31-15-3-2-4-16(12-15)33-10-9-32-14-7-5-13(6-8-14)11-17-18(26)29-21(27-19(17)30)34-20(28-29)22(23,24)25/h2-8,11-12,26H,9-10H2,1H3/b17-11-,26-18?. The first-order chi connectivity index (χ1) is 16.2. The molecule has 0 saturated carbocycles. The number of carbonyl (C=O) groups excluding carboxylic acids is 1. The molecule has 0 bridgehead atoms. The van der Waals surface area contributed by atoms with Crippen LogP contribution in [0.5, 0.6) is 17.2 Å². The van der Waals surface area contributed by atoms with E-state index < -0.39 is 23.0 Å². The van der Waals surface area contributed by atoms with Gasteiger partial charge < -0.3 is 14.2 Å². The van der Waals surface area contributed by atoms with Crippen LogP contribution in [-0.4, -0.2) is 53.5 Å². The van der Waals surface area contributed by atoms with Gasteiger partial charge in [-0.25, -0.2) is 0 Å². The van der Waals surface area contributed by atoms with Crippen molar-refractivity contribution in [2.75, 3.05) is 20.3 Å². The van der Waals surface area contributed by atoms with Gasteiger partial charge in [0.25, 0.3) is 5.91 Å². The molecule has 0 aliphatic carbocycles. The van der Waals surface area contributed by atoms with Crippen LogP contribution in [0.2, 0.25) is 0 Å². The largest absolute Gasteiger partial charge is 0.497 e. The SMILES string of the molecule is COc1cccc(OCCOc2ccc(/C=C3/C(=N)N4N=C(C(F)(F)F)SC4=NC3=O)cc2)c1. The number of rotatable bonds is 7. The van der Waals surface area contributed by atoms with Gasteiger partial charge in [-0.05, 0) is 47.7 Å². The van der Waals surface area contributed by atoms with E-state index in [1.165, 1.54) is 6.08 Å². The Hall–Kier alpha value is -3.80. The molecule has 0 unspecified atom stereocenters. The van der Waals surface area contributed by atoms with Gasteiger partial charge in [0.15, 0.2) is 5.84 Å². The van der Waals surface area contributed by atoms with E-state index in [1.807, 2.05) is 12.1 Å². The topological polar surface area (TPSA) is 96.6 Å². The van der Waals surface area contributed by atoms with E-state index in [1.54, 1.807) is 43.5 Å². The number of hydrogen-bond donors (Lipinski definition) is 1. The summed E-state index contributed by atoms with van der Waals surface area (Å²) < 4.78 is 55.1. The molecule has 0 fully saturated rings. The fraction of sp³-hybridized carbons (Fsp3) is 0.182. The van der Waals surface area contributed by atoms with Crippen molar-refractivity contribution in [3.8, 4) is 17.2 Å². The minimum absolute atomic E-state index is 0.170. The van der Waals surface area contributed by atoms with Crippen LogP contribution in [0.15, 0.2) is 64.2 Å². The normalized spacial score (nSPS) is 16.8. The minimum Gasteiger partial charge on any atom is -0.497 e. The summed E-state index contributed by atoms with van der Waals surface area (Å²) in [5.74, 6) is 0.607. The molecule has 0 aromatic heterocycles. The van der Waals surface area contributed by atoms with Crippen molar-refractivity contribution in [1.29, 1.82) is 5.41 Å². The van der Waals surface area contributed by atoms with Crippen molar-refractivity contribution >= 4 is 39.8 Å². The number of nitrogens with one attached hydrogen (secondary N) is 1. The minimum atomic E-state index is -4.69. The number of amidine groups is 2. The number of carbonyl (C=O) groups is 1. The third-order valence-electron chi connectivity index (χ3n) is 4.55. The molecule has 0 spiro atoms. The van der Waals surface area contributed by atoms with Crippen LogP contribution in [-0.2, 0) is 4.79 Å². The van der Waals surface area contributed by atoms with Gasteiger partial charge in [0.05, 0.1) is 12.7 Å². The summed E-state index contributed by atoms with van der Waals surface area (Å²) in [6.07, 6.45) is -3.32. The number of hydrogen-bond acceptors (Lipinski definition) is 7. The summed E-state index contributed by atoms with van der Waals surface area (Å²) in [7, 11) is 1.57. The Morgan fingerprint density at radius 2 is 1.74 bits per heavy atom. The molecule has 0 radical (unpaired) electrons. The summed E-state index contributed by atoms with van der Waals surface area (Å²) in [6.45, 7) is 0.587. The zero-order valence-electron chi connectivity index (χ0n) is 17.6. The maximum absolute atomic E-state index is 12.9. The lowest BCUT2D eigenvalue weighted by Gasteiger charge is -2.20. The molecule has 34 heavy (non-hydrogen) atoms. The molecule has 176 valence electrons. The zero-order chi connectivity index (χ0) is 24.3. The lowest BCUT2D eigenvalue weighted by atomic mass is 10.1. The van der Waals surface area contributed by atoms with Gasteiger partial charge in [-0.1, -0.05) is 18.2 Å². The number of ether oxygens (including phenoxy) is 3. The second-order valence-corrected chi connectivity index (χ2v) is 7.82. The van der Waals surface area contributed by atoms with Gasteiger partial charge in [0.1, 0.15) is 30.5 Å². The van der Waals surface area contributed by atoms with Gasteiger partial charge in [-0.2, -0.15) is 28.3 Å². The first-order valence-electron chi connectivity index (χ1n) is 9.82. The van der Waals surface area contributed by atoms with Crippen molar-refractivity contribution in [2.45, 2.75) is 6.18 Å². The van der Waals surface area contributed by atoms with Crippen molar-refractivity contribution in [3.63, 3.8) is 0 Å². The molecule has 0 atom stereocenters. The molecular weight excluding hydrogens is 473 g/mol. The highest BCUT2D eigenvalue weighted by atomic mass is 32.2. The number of alkyl halides is 3. The van der Waals surface area contributed by atoms with E-state index in [-0.39, 0.29) is 29.1 Å². The highest BCUT2D eigenvalue weighted by Gasteiger charge is 2.46. The van der Waals surface area contributed by atoms with Crippen LogP contribution in [0.4, 0.5) is 13.2 Å². The Kier molecular flexibility index (Phi) is 6.59. The Balaban J connectivity index is 1.36. The average Bonchev–Trinajstić information content (AvgIpc) is 3.25. The Morgan fingerprint density at radius 1 is 1.06 bits per heavy atom. The Morgan fingerprint density at radius 3 is 2.41 bits per heavy atom. The molecule has 0 saturated heterocycles. The van der Waals surface area contributed by atoms with E-state index in [2.05, 4.69) is 10.1 Å². The van der Waals surface area contributed by atoms with E-state index in [9.17, 15) is 18.0 Å². The third-order valence-corrected chi connectivity index (χ3v) is 5.50. The van der Waals surface area contributed by atoms with Crippen molar-refractivity contribution in [3.05, 3.63) is 59.7 Å². The number of aliphatic imine (C=N–C) groups is 1. The van der Waals surface area contributed by atoms with Crippen LogP contribution in [0, 0.1) is 5.41 Å². The molecule has 12 heteroatoms. The van der Waals surface area contributed by atoms with Crippen molar-refractivity contribution in [1.82, 2.24) is 5.01 Å². The fourth-order valence-corrected chi connectivity index (χ4v) is 3.70. The van der Waals surface area contributed by atoms with Crippen molar-refractivity contribution < 1.29 is 32.2 Å². The van der Waals surface area contributed by atoms with Crippen LogP contribution < -0.4 is 14.2 Å². The van der Waals surface area contributed by atoms with Crippen molar-refractivity contribution in [2.24, 2.45) is 10.1 Å². The maximum Gasteiger partial charge on any atom is 0.441 e.